The summed E-state index contributed by atoms with van der Waals surface area (Å²) >= 11 is 1.94. The van der Waals surface area contributed by atoms with Crippen molar-refractivity contribution in [1.82, 2.24) is 10.2 Å². The van der Waals surface area contributed by atoms with Crippen molar-refractivity contribution in [3.63, 3.8) is 0 Å². The van der Waals surface area contributed by atoms with Gasteiger partial charge in [-0.2, -0.15) is 11.8 Å². The number of carbonyl (C=O) groups is 2. The zero-order valence-electron chi connectivity index (χ0n) is 14.0. The van der Waals surface area contributed by atoms with Crippen LogP contribution in [0, 0.1) is 0 Å². The maximum atomic E-state index is 12.2. The minimum atomic E-state index is 0.0117. The van der Waals surface area contributed by atoms with Crippen molar-refractivity contribution in [2.24, 2.45) is 0 Å². The van der Waals surface area contributed by atoms with Gasteiger partial charge in [0.2, 0.25) is 11.8 Å². The SMILES string of the molecule is CC1CN(C(=O)CCCC(=O)NCc2ccccc2)CC(C)S1. The molecule has 2 rings (SSSR count). The number of thioether (sulfide) groups is 1. The van der Waals surface area contributed by atoms with E-state index in [1.807, 2.05) is 47.0 Å². The molecular formula is C18H26N2O2S. The van der Waals surface area contributed by atoms with Gasteiger partial charge in [-0.1, -0.05) is 44.2 Å². The summed E-state index contributed by atoms with van der Waals surface area (Å²) in [6, 6.07) is 9.84. The van der Waals surface area contributed by atoms with Crippen molar-refractivity contribution < 1.29 is 9.59 Å². The molecule has 2 amide bonds. The van der Waals surface area contributed by atoms with Gasteiger partial charge in [-0.05, 0) is 12.0 Å². The zero-order valence-corrected chi connectivity index (χ0v) is 14.8. The van der Waals surface area contributed by atoms with Crippen LogP contribution in [0.15, 0.2) is 30.3 Å². The lowest BCUT2D eigenvalue weighted by Gasteiger charge is -2.34. The Kier molecular flexibility index (Phi) is 6.96. The molecule has 1 heterocycles. The van der Waals surface area contributed by atoms with E-state index in [1.165, 1.54) is 0 Å². The normalized spacial score (nSPS) is 21.0. The van der Waals surface area contributed by atoms with E-state index in [0.717, 1.165) is 18.7 Å². The quantitative estimate of drug-likeness (QED) is 0.870. The minimum absolute atomic E-state index is 0.0117. The summed E-state index contributed by atoms with van der Waals surface area (Å²) in [6.45, 7) is 6.53. The Morgan fingerprint density at radius 2 is 1.78 bits per heavy atom. The van der Waals surface area contributed by atoms with Crippen molar-refractivity contribution >= 4 is 23.6 Å². The van der Waals surface area contributed by atoms with Gasteiger partial charge in [-0.25, -0.2) is 0 Å². The Balaban J connectivity index is 1.64. The van der Waals surface area contributed by atoms with Gasteiger partial charge in [0.15, 0.2) is 0 Å². The van der Waals surface area contributed by atoms with Gasteiger partial charge >= 0.3 is 0 Å². The molecule has 1 aliphatic rings. The monoisotopic (exact) mass is 334 g/mol. The molecule has 126 valence electrons. The lowest BCUT2D eigenvalue weighted by atomic mass is 10.2. The first kappa shape index (κ1) is 17.9. The summed E-state index contributed by atoms with van der Waals surface area (Å²) < 4.78 is 0. The van der Waals surface area contributed by atoms with Crippen molar-refractivity contribution in [2.75, 3.05) is 13.1 Å². The molecule has 0 aromatic heterocycles. The average Bonchev–Trinajstić information content (AvgIpc) is 2.53. The van der Waals surface area contributed by atoms with E-state index in [1.54, 1.807) is 0 Å². The van der Waals surface area contributed by atoms with Gasteiger partial charge in [-0.15, -0.1) is 0 Å². The second-order valence-corrected chi connectivity index (χ2v) is 8.05. The maximum absolute atomic E-state index is 12.2. The van der Waals surface area contributed by atoms with Gasteiger partial charge in [0, 0.05) is 43.0 Å². The molecule has 0 aliphatic carbocycles. The zero-order chi connectivity index (χ0) is 16.7. The predicted molar refractivity (Wildman–Crippen MR) is 95.2 cm³/mol. The first-order valence-electron chi connectivity index (χ1n) is 8.28. The van der Waals surface area contributed by atoms with Gasteiger partial charge in [0.05, 0.1) is 0 Å². The lowest BCUT2D eigenvalue weighted by Crippen LogP contribution is -2.44. The molecule has 1 fully saturated rings. The van der Waals surface area contributed by atoms with Crippen LogP contribution in [0.25, 0.3) is 0 Å². The first-order chi connectivity index (χ1) is 11.0. The van der Waals surface area contributed by atoms with E-state index in [-0.39, 0.29) is 11.8 Å². The average molecular weight is 334 g/mol. The fourth-order valence-electron chi connectivity index (χ4n) is 2.82. The van der Waals surface area contributed by atoms with Crippen molar-refractivity contribution in [2.45, 2.75) is 50.2 Å². The van der Waals surface area contributed by atoms with Gasteiger partial charge in [0.25, 0.3) is 0 Å². The highest BCUT2D eigenvalue weighted by Crippen LogP contribution is 2.25. The molecule has 1 aliphatic heterocycles. The van der Waals surface area contributed by atoms with Gasteiger partial charge in [0.1, 0.15) is 0 Å². The minimum Gasteiger partial charge on any atom is -0.352 e. The molecule has 1 aromatic carbocycles. The Hall–Kier alpha value is -1.49. The van der Waals surface area contributed by atoms with Crippen LogP contribution in [0.5, 0.6) is 0 Å². The highest BCUT2D eigenvalue weighted by atomic mass is 32.2. The van der Waals surface area contributed by atoms with Crippen LogP contribution in [0.2, 0.25) is 0 Å². The maximum Gasteiger partial charge on any atom is 0.222 e. The molecule has 5 heteroatoms. The second kappa shape index (κ2) is 8.96. The summed E-state index contributed by atoms with van der Waals surface area (Å²) in [5, 5.41) is 3.89. The lowest BCUT2D eigenvalue weighted by molar-refractivity contribution is -0.131. The molecular weight excluding hydrogens is 308 g/mol. The van der Waals surface area contributed by atoms with Crippen LogP contribution < -0.4 is 5.32 Å². The van der Waals surface area contributed by atoms with E-state index in [9.17, 15) is 9.59 Å². The number of hydrogen-bond acceptors (Lipinski definition) is 3. The Morgan fingerprint density at radius 3 is 2.43 bits per heavy atom. The Labute approximate surface area is 143 Å². The number of nitrogens with one attached hydrogen (secondary N) is 1. The summed E-state index contributed by atoms with van der Waals surface area (Å²) in [5.74, 6) is 0.192. The molecule has 1 aromatic rings. The molecule has 1 N–H and O–H groups in total. The molecule has 1 saturated heterocycles. The molecule has 4 nitrogen and oxygen atoms in total. The smallest absolute Gasteiger partial charge is 0.222 e. The number of amides is 2. The third kappa shape index (κ3) is 6.26. The summed E-state index contributed by atoms with van der Waals surface area (Å²) in [6.07, 6.45) is 1.49. The van der Waals surface area contributed by atoms with Crippen LogP contribution in [0.3, 0.4) is 0 Å². The van der Waals surface area contributed by atoms with E-state index in [2.05, 4.69) is 19.2 Å². The topological polar surface area (TPSA) is 49.4 Å². The molecule has 2 unspecified atom stereocenters. The van der Waals surface area contributed by atoms with Crippen molar-refractivity contribution in [3.05, 3.63) is 35.9 Å². The number of nitrogens with zero attached hydrogens (tertiary/aromatic N) is 1. The summed E-state index contributed by atoms with van der Waals surface area (Å²) in [4.78, 5) is 26.0. The number of benzene rings is 1. The largest absolute Gasteiger partial charge is 0.352 e. The summed E-state index contributed by atoms with van der Waals surface area (Å²) in [5.41, 5.74) is 1.09. The summed E-state index contributed by atoms with van der Waals surface area (Å²) in [7, 11) is 0. The first-order valence-corrected chi connectivity index (χ1v) is 9.22. The van der Waals surface area contributed by atoms with Crippen LogP contribution in [-0.2, 0) is 16.1 Å². The standard InChI is InChI=1S/C18H26N2O2S/c1-14-12-20(13-15(2)23-14)18(22)10-6-9-17(21)19-11-16-7-4-3-5-8-16/h3-5,7-8,14-15H,6,9-13H2,1-2H3,(H,19,21). The van der Waals surface area contributed by atoms with Crippen LogP contribution in [-0.4, -0.2) is 40.3 Å². The molecule has 0 saturated carbocycles. The number of hydrogen-bond donors (Lipinski definition) is 1. The van der Waals surface area contributed by atoms with E-state index >= 15 is 0 Å². The highest BCUT2D eigenvalue weighted by Gasteiger charge is 2.25. The van der Waals surface area contributed by atoms with Crippen LogP contribution >= 0.6 is 11.8 Å². The molecule has 0 bridgehead atoms. The molecule has 23 heavy (non-hydrogen) atoms. The number of rotatable bonds is 6. The third-order valence-corrected chi connectivity index (χ3v) is 5.13. The van der Waals surface area contributed by atoms with Crippen LogP contribution in [0.4, 0.5) is 0 Å². The Morgan fingerprint density at radius 1 is 1.13 bits per heavy atom. The van der Waals surface area contributed by atoms with Crippen LogP contribution in [0.1, 0.15) is 38.7 Å². The van der Waals surface area contributed by atoms with Gasteiger partial charge < -0.3 is 10.2 Å². The fraction of sp³-hybridized carbons (Fsp3) is 0.556. The third-order valence-electron chi connectivity index (χ3n) is 3.90. The van der Waals surface area contributed by atoms with Gasteiger partial charge in [-0.3, -0.25) is 9.59 Å². The molecule has 2 atom stereocenters. The molecule has 0 radical (unpaired) electrons. The predicted octanol–water partition coefficient (Wildman–Crippen LogP) is 2.83. The van der Waals surface area contributed by atoms with E-state index < -0.39 is 0 Å². The highest BCUT2D eigenvalue weighted by molar-refractivity contribution is 8.00. The van der Waals surface area contributed by atoms with Crippen molar-refractivity contribution in [1.29, 1.82) is 0 Å². The van der Waals surface area contributed by atoms with E-state index in [4.69, 9.17) is 0 Å². The molecule has 0 spiro atoms. The second-order valence-electron chi connectivity index (χ2n) is 6.17. The van der Waals surface area contributed by atoms with E-state index in [0.29, 0.717) is 36.3 Å². The van der Waals surface area contributed by atoms with Crippen molar-refractivity contribution in [3.8, 4) is 0 Å². The fourth-order valence-corrected chi connectivity index (χ4v) is 4.15. The Bertz CT molecular complexity index is 511. The number of carbonyl (C=O) groups excluding carboxylic acids is 2.